The zero-order valence-corrected chi connectivity index (χ0v) is 78.8. The molecule has 2 aliphatic heterocycles. The SMILES string of the molecule is C=C(C)[C@@H]1CC[C@]2(C(=C)O)CC[C@]3(C)C(CCC4[C@@]5(C)CC[C@H](O)[C@@](C)(CO)[C@@H]5CC[C@]43C)C12.C=C(C)[C@@H]1CC[C@]2(C(=C)O)CC[C@]3(C)C(CCC4[C@@]5(C)CC[C@H](O[C@@H]6OC[C@H](O)[C@H](O)[C@H]6O[C@@H]6O[C@@H](C)[C@H](O)[C@@H](O)[C@H]6O)[C@@](C)(CO)[C@@H]5CC[C@]43C)C12.C=C(C)[C@@H]1CC[C@]2(C(=C)OC)CC[C@]3(C)C(CCC4[C@@]5(C)CC[C@H](O)[C@@](C)(CO)[C@@H]5CC[C@]43C)C12. The zero-order valence-electron chi connectivity index (χ0n) is 78.8. The van der Waals surface area contributed by atoms with Gasteiger partial charge in [0, 0.05) is 32.5 Å². The van der Waals surface area contributed by atoms with Gasteiger partial charge in [-0.3, -0.25) is 0 Å². The number of allylic oxidation sites excluding steroid dienone is 6. The summed E-state index contributed by atoms with van der Waals surface area (Å²) < 4.78 is 30.3. The van der Waals surface area contributed by atoms with Crippen molar-refractivity contribution in [1.29, 1.82) is 0 Å². The highest BCUT2D eigenvalue weighted by atomic mass is 16.8. The van der Waals surface area contributed by atoms with Crippen LogP contribution in [0.3, 0.4) is 0 Å². The minimum absolute atomic E-state index is 0.0664. The standard InChI is InChI=1S/C42H68O11.C32H52O3.C31H50O3/c1-21(2)24-11-16-42(23(4)44)18-17-40(7)25(30(24)42)9-10-28-38(5)14-13-29(39(6,20-43)27(38)12-15-41(28,40)8)52-37-35(32(47)26(45)19-50-37)53-36-34(49)33(48)31(46)22(3)51-36;1-20(2)22-11-16-32(21(3)35-8)18-17-30(6)23(27(22)32)9-10-25-28(4)14-13-26(34)29(5,19-33)24(28)12-15-31(25,30)7;1-19(2)21-10-15-31(20(3)33)17-16-29(6)22(26(21)31)8-9-24-27(4)13-12-25(34)28(5,18-32)23(27)11-14-30(24,29)7/h22,24-37,43-49H,1,4,9-20H2,2-3,5-8H3;22-27,33-34H,1,3,9-19H2,2,4-8H3;21-26,32-34H,1,3,8-18H2,2,4-7H3/t22-,24-,25?,26-,27+,28?,29-,30?,31-,32-,33+,34+,35+,36-,37-,38-,39-,40+,41+,42+;22-,23?,24+,25?,26-,27?,28-,29-,30+,31+,32+;21-,22?,23+,24?,25-,26?,27-,28-,29+,30+,31+/m000/s1. The van der Waals surface area contributed by atoms with E-state index in [1.807, 2.05) is 7.11 Å². The van der Waals surface area contributed by atoms with Crippen molar-refractivity contribution < 1.29 is 85.0 Å². The Kier molecular flexibility index (Phi) is 24.7. The highest BCUT2D eigenvalue weighted by Gasteiger charge is 2.77. The summed E-state index contributed by atoms with van der Waals surface area (Å²) in [7, 11) is 1.83. The van der Waals surface area contributed by atoms with Gasteiger partial charge in [0.15, 0.2) is 12.6 Å². The third-order valence-electron chi connectivity index (χ3n) is 45.3. The summed E-state index contributed by atoms with van der Waals surface area (Å²) in [5.74, 6) is 9.03. The first-order chi connectivity index (χ1) is 57.0. The van der Waals surface area contributed by atoms with E-state index in [1.165, 1.54) is 87.3 Å². The van der Waals surface area contributed by atoms with Gasteiger partial charge in [-0.2, -0.15) is 0 Å². The maximum Gasteiger partial charge on any atom is 0.187 e. The van der Waals surface area contributed by atoms with E-state index in [0.29, 0.717) is 101 Å². The van der Waals surface area contributed by atoms with Crippen LogP contribution in [0.5, 0.6) is 0 Å². The molecule has 17 aliphatic rings. The van der Waals surface area contributed by atoms with E-state index >= 15 is 0 Å². The largest absolute Gasteiger partial charge is 0.512 e. The molecule has 0 radical (unpaired) electrons. The van der Waals surface area contributed by atoms with Gasteiger partial charge >= 0.3 is 0 Å². The molecule has 0 aromatic carbocycles. The molecule has 15 aliphatic carbocycles. The van der Waals surface area contributed by atoms with Crippen LogP contribution in [0.15, 0.2) is 73.5 Å². The van der Waals surface area contributed by atoms with E-state index in [1.54, 1.807) is 6.92 Å². The van der Waals surface area contributed by atoms with Gasteiger partial charge < -0.3 is 85.0 Å². The van der Waals surface area contributed by atoms with Gasteiger partial charge in [0.25, 0.3) is 0 Å². The van der Waals surface area contributed by atoms with Crippen LogP contribution in [0.4, 0.5) is 0 Å². The van der Waals surface area contributed by atoms with E-state index in [0.717, 1.165) is 121 Å². The predicted octanol–water partition coefficient (Wildman–Crippen LogP) is 18.6. The van der Waals surface area contributed by atoms with Crippen LogP contribution < -0.4 is 0 Å². The van der Waals surface area contributed by atoms with Crippen LogP contribution >= 0.6 is 0 Å². The Bertz CT molecular complexity index is 3950. The molecule has 2 heterocycles. The monoisotopic (exact) mass is 1700 g/mol. The van der Waals surface area contributed by atoms with Crippen LogP contribution in [0, 0.1) is 170 Å². The zero-order chi connectivity index (χ0) is 89.1. The molecule has 17 nitrogen and oxygen atoms in total. The van der Waals surface area contributed by atoms with Crippen LogP contribution in [-0.4, -0.2) is 168 Å². The Balaban J connectivity index is 0.000000147. The molecule has 0 aromatic rings. The first-order valence-corrected chi connectivity index (χ1v) is 49.1. The first kappa shape index (κ1) is 93.9. The number of rotatable bonds is 14. The van der Waals surface area contributed by atoms with Gasteiger partial charge in [0.05, 0.1) is 75.2 Å². The second-order valence-electron chi connectivity index (χ2n) is 48.9. The Morgan fingerprint density at radius 3 is 1.09 bits per heavy atom. The number of fused-ring (bicyclic) bond motifs is 21. The van der Waals surface area contributed by atoms with Crippen LogP contribution in [-0.2, 0) is 23.7 Å². The highest BCUT2D eigenvalue weighted by Crippen LogP contribution is 2.83. The maximum absolute atomic E-state index is 11.3. The van der Waals surface area contributed by atoms with Gasteiger partial charge in [0.1, 0.15) is 36.6 Å². The molecule has 122 heavy (non-hydrogen) atoms. The van der Waals surface area contributed by atoms with Gasteiger partial charge in [-0.25, -0.2) is 0 Å². The Morgan fingerprint density at radius 1 is 0.361 bits per heavy atom. The molecule has 15 saturated carbocycles. The summed E-state index contributed by atoms with van der Waals surface area (Å²) in [5.41, 5.74) is 3.70. The topological polar surface area (TPSA) is 289 Å². The number of hydrogen-bond donors (Lipinski definition) is 12. The van der Waals surface area contributed by atoms with Crippen molar-refractivity contribution in [2.45, 2.75) is 377 Å². The van der Waals surface area contributed by atoms with E-state index in [4.69, 9.17) is 23.7 Å². The molecule has 17 fully saturated rings. The molecule has 0 aromatic heterocycles. The molecule has 17 heteroatoms. The molecule has 17 rings (SSSR count). The highest BCUT2D eigenvalue weighted by molar-refractivity contribution is 5.31. The summed E-state index contributed by atoms with van der Waals surface area (Å²) in [4.78, 5) is 0. The number of hydrogen-bond acceptors (Lipinski definition) is 17. The molecule has 0 amide bonds. The maximum atomic E-state index is 11.3. The number of ether oxygens (including phenoxy) is 5. The fourth-order valence-electron chi connectivity index (χ4n) is 37.8. The second-order valence-corrected chi connectivity index (χ2v) is 48.9. The predicted molar refractivity (Wildman–Crippen MR) is 477 cm³/mol. The lowest BCUT2D eigenvalue weighted by Crippen LogP contribution is -2.68. The van der Waals surface area contributed by atoms with Crippen molar-refractivity contribution in [1.82, 2.24) is 0 Å². The van der Waals surface area contributed by atoms with Crippen LogP contribution in [0.25, 0.3) is 0 Å². The molecular weight excluding hydrogens is 1530 g/mol. The number of aliphatic hydroxyl groups is 12. The average Bonchev–Trinajstić information content (AvgIpc) is 1.17. The van der Waals surface area contributed by atoms with Crippen molar-refractivity contribution in [2.75, 3.05) is 33.5 Å². The van der Waals surface area contributed by atoms with Gasteiger partial charge in [-0.1, -0.05) is 139 Å². The van der Waals surface area contributed by atoms with Gasteiger partial charge in [-0.15, -0.1) is 0 Å². The van der Waals surface area contributed by atoms with Gasteiger partial charge in [-0.05, 0) is 358 Å². The summed E-state index contributed by atoms with van der Waals surface area (Å²) >= 11 is 0. The first-order valence-electron chi connectivity index (χ1n) is 49.1. The van der Waals surface area contributed by atoms with E-state index in [-0.39, 0.29) is 114 Å². The molecule has 9 unspecified atom stereocenters. The van der Waals surface area contributed by atoms with E-state index in [2.05, 4.69) is 143 Å². The molecule has 692 valence electrons. The lowest BCUT2D eigenvalue weighted by molar-refractivity contribution is -0.366. The molecule has 0 bridgehead atoms. The molecular formula is C105H170O17. The average molecular weight is 1700 g/mol. The summed E-state index contributed by atoms with van der Waals surface area (Å²) in [6.07, 6.45) is 19.4. The van der Waals surface area contributed by atoms with Gasteiger partial charge in [0.2, 0.25) is 0 Å². The van der Waals surface area contributed by atoms with Crippen LogP contribution in [0.1, 0.15) is 303 Å². The number of aliphatic hydroxyl groups excluding tert-OH is 12. The second kappa shape index (κ2) is 32.1. The fraction of sp³-hybridized carbons (Fsp3) is 0.886. The Hall–Kier alpha value is -2.72. The van der Waals surface area contributed by atoms with Crippen molar-refractivity contribution in [2.24, 2.45) is 170 Å². The lowest BCUT2D eigenvalue weighted by atomic mass is 9.32. The Morgan fingerprint density at radius 2 is 0.721 bits per heavy atom. The third kappa shape index (κ3) is 12.9. The van der Waals surface area contributed by atoms with E-state index in [9.17, 15) is 61.3 Å². The normalized spacial score (nSPS) is 56.2. The molecule has 2 saturated heterocycles. The van der Waals surface area contributed by atoms with Crippen molar-refractivity contribution >= 4 is 0 Å². The molecule has 42 atom stereocenters. The summed E-state index contributed by atoms with van der Waals surface area (Å²) in [6, 6.07) is 0. The minimum atomic E-state index is -1.61. The van der Waals surface area contributed by atoms with Crippen molar-refractivity contribution in [3.05, 3.63) is 73.5 Å². The Labute approximate surface area is 735 Å². The lowest BCUT2D eigenvalue weighted by Gasteiger charge is -2.73. The van der Waals surface area contributed by atoms with Crippen molar-refractivity contribution in [3.8, 4) is 0 Å². The minimum Gasteiger partial charge on any atom is -0.512 e. The van der Waals surface area contributed by atoms with Crippen molar-refractivity contribution in [3.63, 3.8) is 0 Å². The smallest absolute Gasteiger partial charge is 0.187 e. The van der Waals surface area contributed by atoms with Crippen LogP contribution in [0.2, 0.25) is 0 Å². The summed E-state index contributed by atoms with van der Waals surface area (Å²) in [6.45, 7) is 63.8. The number of methoxy groups -OCH3 is 1. The third-order valence-corrected chi connectivity index (χ3v) is 45.3. The fourth-order valence-corrected chi connectivity index (χ4v) is 37.8. The van der Waals surface area contributed by atoms with E-state index < -0.39 is 72.9 Å². The summed E-state index contributed by atoms with van der Waals surface area (Å²) in [5, 5.41) is 129. The molecule has 12 N–H and O–H groups in total. The molecule has 0 spiro atoms. The quantitative estimate of drug-likeness (QED) is 0.0437.